The summed E-state index contributed by atoms with van der Waals surface area (Å²) in [6, 6.07) is 7.44. The molecular formula is C19H28N2O3. The molecule has 0 spiro atoms. The van der Waals surface area contributed by atoms with Crippen molar-refractivity contribution in [1.29, 1.82) is 0 Å². The maximum Gasteiger partial charge on any atom is 0.407 e. The molecule has 2 amide bonds. The molecule has 0 saturated heterocycles. The normalized spacial score (nSPS) is 15.9. The van der Waals surface area contributed by atoms with Gasteiger partial charge in [0.1, 0.15) is 5.60 Å². The average Bonchev–Trinajstić information content (AvgIpc) is 2.72. The van der Waals surface area contributed by atoms with E-state index >= 15 is 0 Å². The number of carbonyl (C=O) groups excluding carboxylic acids is 2. The van der Waals surface area contributed by atoms with Crippen LogP contribution in [0.2, 0.25) is 0 Å². The van der Waals surface area contributed by atoms with Gasteiger partial charge in [0, 0.05) is 18.7 Å². The molecule has 1 unspecified atom stereocenters. The number of benzene rings is 1. The standard InChI is InChI=1S/C19H28N2O3/c1-18(2,3)15(20-17(23)24-19(4,5)6)12-21-11-13-9-7-8-10-14(13)16(21)22/h7-10,15H,11-12H2,1-6H3,(H,20,23). The molecule has 0 bridgehead atoms. The van der Waals surface area contributed by atoms with Crippen LogP contribution < -0.4 is 5.32 Å². The van der Waals surface area contributed by atoms with E-state index in [4.69, 9.17) is 4.74 Å². The monoisotopic (exact) mass is 332 g/mol. The summed E-state index contributed by atoms with van der Waals surface area (Å²) in [5.41, 5.74) is 1.04. The summed E-state index contributed by atoms with van der Waals surface area (Å²) < 4.78 is 5.36. The fourth-order valence-electron chi connectivity index (χ4n) is 2.67. The third kappa shape index (κ3) is 4.49. The van der Waals surface area contributed by atoms with E-state index in [0.29, 0.717) is 13.1 Å². The van der Waals surface area contributed by atoms with Crippen LogP contribution in [0.5, 0.6) is 0 Å². The summed E-state index contributed by atoms with van der Waals surface area (Å²) in [6.45, 7) is 12.7. The molecule has 1 atom stereocenters. The Kier molecular flexibility index (Phi) is 4.92. The topological polar surface area (TPSA) is 58.6 Å². The lowest BCUT2D eigenvalue weighted by molar-refractivity contribution is 0.0424. The van der Waals surface area contributed by atoms with Crippen molar-refractivity contribution >= 4 is 12.0 Å². The lowest BCUT2D eigenvalue weighted by Gasteiger charge is -2.35. The summed E-state index contributed by atoms with van der Waals surface area (Å²) in [6.07, 6.45) is -0.452. The smallest absolute Gasteiger partial charge is 0.407 e. The Morgan fingerprint density at radius 1 is 1.21 bits per heavy atom. The van der Waals surface area contributed by atoms with E-state index in [1.54, 1.807) is 4.90 Å². The zero-order chi connectivity index (χ0) is 18.1. The Bertz CT molecular complexity index is 626. The molecule has 0 saturated carbocycles. The molecule has 1 aliphatic heterocycles. The Morgan fingerprint density at radius 2 is 1.83 bits per heavy atom. The van der Waals surface area contributed by atoms with Crippen LogP contribution in [0.1, 0.15) is 57.5 Å². The van der Waals surface area contributed by atoms with Crippen LogP contribution >= 0.6 is 0 Å². The highest BCUT2D eigenvalue weighted by Crippen LogP contribution is 2.26. The largest absolute Gasteiger partial charge is 0.444 e. The summed E-state index contributed by atoms with van der Waals surface area (Å²) in [7, 11) is 0. The van der Waals surface area contributed by atoms with E-state index in [2.05, 4.69) is 5.32 Å². The molecule has 132 valence electrons. The molecule has 24 heavy (non-hydrogen) atoms. The predicted octanol–water partition coefficient (Wildman–Crippen LogP) is 3.58. The van der Waals surface area contributed by atoms with Gasteiger partial charge >= 0.3 is 6.09 Å². The summed E-state index contributed by atoms with van der Waals surface area (Å²) in [5.74, 6) is 0.0193. The Balaban J connectivity index is 2.08. The molecule has 0 fully saturated rings. The van der Waals surface area contributed by atoms with Crippen molar-refractivity contribution in [1.82, 2.24) is 10.2 Å². The van der Waals surface area contributed by atoms with Gasteiger partial charge in [-0.15, -0.1) is 0 Å². The fraction of sp³-hybridized carbons (Fsp3) is 0.579. The Hall–Kier alpha value is -2.04. The number of ether oxygens (including phenoxy) is 1. The minimum atomic E-state index is -0.549. The number of nitrogens with zero attached hydrogens (tertiary/aromatic N) is 1. The lowest BCUT2D eigenvalue weighted by atomic mass is 9.86. The van der Waals surface area contributed by atoms with E-state index in [1.165, 1.54) is 0 Å². The van der Waals surface area contributed by atoms with Crippen molar-refractivity contribution in [3.63, 3.8) is 0 Å². The van der Waals surface area contributed by atoms with Gasteiger partial charge in [-0.3, -0.25) is 4.79 Å². The van der Waals surface area contributed by atoms with Crippen LogP contribution in [0.3, 0.4) is 0 Å². The first-order valence-electron chi connectivity index (χ1n) is 8.34. The third-order valence-corrected chi connectivity index (χ3v) is 4.04. The van der Waals surface area contributed by atoms with Crippen LogP contribution in [0, 0.1) is 5.41 Å². The lowest BCUT2D eigenvalue weighted by Crippen LogP contribution is -2.51. The van der Waals surface area contributed by atoms with Crippen LogP contribution in [0.15, 0.2) is 24.3 Å². The van der Waals surface area contributed by atoms with Crippen LogP contribution in [0.25, 0.3) is 0 Å². The fourth-order valence-corrected chi connectivity index (χ4v) is 2.67. The first-order chi connectivity index (χ1) is 11.0. The quantitative estimate of drug-likeness (QED) is 0.920. The zero-order valence-electron chi connectivity index (χ0n) is 15.5. The van der Waals surface area contributed by atoms with Gasteiger partial charge < -0.3 is 15.0 Å². The van der Waals surface area contributed by atoms with Gasteiger partial charge in [0.05, 0.1) is 6.04 Å². The van der Waals surface area contributed by atoms with E-state index in [-0.39, 0.29) is 17.4 Å². The zero-order valence-corrected chi connectivity index (χ0v) is 15.5. The maximum absolute atomic E-state index is 12.6. The average molecular weight is 332 g/mol. The number of amides is 2. The number of rotatable bonds is 3. The van der Waals surface area contributed by atoms with Crippen LogP contribution in [0.4, 0.5) is 4.79 Å². The molecule has 1 N–H and O–H groups in total. The maximum atomic E-state index is 12.6. The van der Waals surface area contributed by atoms with E-state index < -0.39 is 11.7 Å². The van der Waals surface area contributed by atoms with Crippen molar-refractivity contribution in [2.75, 3.05) is 6.54 Å². The van der Waals surface area contributed by atoms with Crippen molar-refractivity contribution in [3.8, 4) is 0 Å². The molecule has 0 aromatic heterocycles. The third-order valence-electron chi connectivity index (χ3n) is 4.04. The molecule has 5 nitrogen and oxygen atoms in total. The molecule has 1 aromatic rings. The molecule has 0 radical (unpaired) electrons. The second-order valence-corrected chi connectivity index (χ2v) is 8.41. The second kappa shape index (κ2) is 6.46. The molecule has 2 rings (SSSR count). The number of carbonyl (C=O) groups is 2. The number of hydrogen-bond acceptors (Lipinski definition) is 3. The molecular weight excluding hydrogens is 304 g/mol. The van der Waals surface area contributed by atoms with Gasteiger partial charge in [-0.2, -0.15) is 0 Å². The minimum absolute atomic E-state index is 0.0193. The molecule has 5 heteroatoms. The SMILES string of the molecule is CC(C)(C)OC(=O)NC(CN1Cc2ccccc2C1=O)C(C)(C)C. The van der Waals surface area contributed by atoms with Crippen molar-refractivity contribution < 1.29 is 14.3 Å². The second-order valence-electron chi connectivity index (χ2n) is 8.41. The Labute approximate surface area is 144 Å². The van der Waals surface area contributed by atoms with Gasteiger partial charge in [0.2, 0.25) is 0 Å². The van der Waals surface area contributed by atoms with Crippen LogP contribution in [-0.2, 0) is 11.3 Å². The molecule has 1 aliphatic rings. The van der Waals surface area contributed by atoms with E-state index in [1.807, 2.05) is 65.8 Å². The highest BCUT2D eigenvalue weighted by molar-refractivity contribution is 5.98. The number of fused-ring (bicyclic) bond motifs is 1. The predicted molar refractivity (Wildman–Crippen MR) is 93.8 cm³/mol. The van der Waals surface area contributed by atoms with Crippen molar-refractivity contribution in [2.24, 2.45) is 5.41 Å². The molecule has 1 heterocycles. The minimum Gasteiger partial charge on any atom is -0.444 e. The van der Waals surface area contributed by atoms with E-state index in [0.717, 1.165) is 11.1 Å². The van der Waals surface area contributed by atoms with Gasteiger partial charge in [0.15, 0.2) is 0 Å². The number of alkyl carbamates (subject to hydrolysis) is 1. The van der Waals surface area contributed by atoms with Gasteiger partial charge in [0.25, 0.3) is 5.91 Å². The molecule has 0 aliphatic carbocycles. The molecule has 1 aromatic carbocycles. The highest BCUT2D eigenvalue weighted by atomic mass is 16.6. The summed E-state index contributed by atoms with van der Waals surface area (Å²) in [4.78, 5) is 26.5. The number of nitrogens with one attached hydrogen (secondary N) is 1. The highest BCUT2D eigenvalue weighted by Gasteiger charge is 2.34. The van der Waals surface area contributed by atoms with E-state index in [9.17, 15) is 9.59 Å². The van der Waals surface area contributed by atoms with Gasteiger partial charge in [-0.25, -0.2) is 4.79 Å². The van der Waals surface area contributed by atoms with Gasteiger partial charge in [-0.05, 0) is 37.8 Å². The van der Waals surface area contributed by atoms with Crippen molar-refractivity contribution in [2.45, 2.75) is 59.7 Å². The summed E-state index contributed by atoms with van der Waals surface area (Å²) >= 11 is 0. The first-order valence-corrected chi connectivity index (χ1v) is 8.34. The number of hydrogen-bond donors (Lipinski definition) is 1. The van der Waals surface area contributed by atoms with Gasteiger partial charge in [-0.1, -0.05) is 39.0 Å². The Morgan fingerprint density at radius 3 is 2.38 bits per heavy atom. The summed E-state index contributed by atoms with van der Waals surface area (Å²) in [5, 5.41) is 2.93. The first kappa shape index (κ1) is 18.3. The van der Waals surface area contributed by atoms with Crippen molar-refractivity contribution in [3.05, 3.63) is 35.4 Å². The van der Waals surface area contributed by atoms with Crippen LogP contribution in [-0.4, -0.2) is 35.1 Å².